The molecule has 1 saturated heterocycles. The number of amides is 1. The summed E-state index contributed by atoms with van der Waals surface area (Å²) >= 11 is 0. The molecule has 0 N–H and O–H groups in total. The van der Waals surface area contributed by atoms with Gasteiger partial charge in [0.1, 0.15) is 11.3 Å². The molecule has 1 amide bonds. The Kier molecular flexibility index (Phi) is 5.40. The van der Waals surface area contributed by atoms with E-state index in [1.165, 1.54) is 0 Å². The van der Waals surface area contributed by atoms with E-state index in [1.54, 1.807) is 0 Å². The van der Waals surface area contributed by atoms with E-state index in [2.05, 4.69) is 30.3 Å². The molecule has 3 rings (SSSR count). The maximum absolute atomic E-state index is 12.4. The Balaban J connectivity index is 1.76. The number of pyridine rings is 1. The molecule has 0 saturated carbocycles. The Bertz CT molecular complexity index is 736. The largest absolute Gasteiger partial charge is 0.342 e. The molecule has 3 heterocycles. The van der Waals surface area contributed by atoms with Gasteiger partial charge in [-0.05, 0) is 36.8 Å². The molecule has 136 valence electrons. The standard InChI is InChI=1S/C20H30N4O/c1-5-15(4)20(25)23-10-8-16(13-23)11-18-22-17-7-6-9-21-19(17)24(18)12-14(2)3/h6-7,9,14-16H,5,8,10-13H2,1-4H3/t15-,16+/m0/s1. The minimum atomic E-state index is 0.133. The average Bonchev–Trinajstić information content (AvgIpc) is 3.19. The van der Waals surface area contributed by atoms with Crippen molar-refractivity contribution in [1.29, 1.82) is 0 Å². The van der Waals surface area contributed by atoms with E-state index < -0.39 is 0 Å². The summed E-state index contributed by atoms with van der Waals surface area (Å²) in [5, 5.41) is 0. The molecule has 0 spiro atoms. The Morgan fingerprint density at radius 1 is 1.36 bits per heavy atom. The predicted molar refractivity (Wildman–Crippen MR) is 100 cm³/mol. The van der Waals surface area contributed by atoms with Gasteiger partial charge in [-0.25, -0.2) is 9.97 Å². The Hall–Kier alpha value is -1.91. The van der Waals surface area contributed by atoms with E-state index in [-0.39, 0.29) is 5.92 Å². The molecule has 1 fully saturated rings. The summed E-state index contributed by atoms with van der Waals surface area (Å²) in [6.07, 6.45) is 4.75. The van der Waals surface area contributed by atoms with Gasteiger partial charge < -0.3 is 9.47 Å². The van der Waals surface area contributed by atoms with Crippen LogP contribution in [0, 0.1) is 17.8 Å². The van der Waals surface area contributed by atoms with Crippen LogP contribution < -0.4 is 0 Å². The van der Waals surface area contributed by atoms with Crippen LogP contribution in [0.5, 0.6) is 0 Å². The fraction of sp³-hybridized carbons (Fsp3) is 0.650. The van der Waals surface area contributed by atoms with Gasteiger partial charge in [-0.2, -0.15) is 0 Å². The van der Waals surface area contributed by atoms with E-state index in [0.29, 0.717) is 17.7 Å². The molecule has 2 atom stereocenters. The summed E-state index contributed by atoms with van der Waals surface area (Å²) < 4.78 is 2.28. The van der Waals surface area contributed by atoms with E-state index in [9.17, 15) is 4.79 Å². The van der Waals surface area contributed by atoms with Gasteiger partial charge in [0.2, 0.25) is 5.91 Å². The molecule has 2 aromatic heterocycles. The van der Waals surface area contributed by atoms with Crippen molar-refractivity contribution in [3.8, 4) is 0 Å². The second-order valence-electron chi connectivity index (χ2n) is 7.83. The molecular formula is C20H30N4O. The molecule has 0 radical (unpaired) electrons. The quantitative estimate of drug-likeness (QED) is 0.807. The number of fused-ring (bicyclic) bond motifs is 1. The number of carbonyl (C=O) groups excluding carboxylic acids is 1. The van der Waals surface area contributed by atoms with Crippen LogP contribution in [0.2, 0.25) is 0 Å². The maximum Gasteiger partial charge on any atom is 0.225 e. The molecule has 5 nitrogen and oxygen atoms in total. The zero-order valence-corrected chi connectivity index (χ0v) is 15.9. The lowest BCUT2D eigenvalue weighted by atomic mass is 10.0. The second-order valence-corrected chi connectivity index (χ2v) is 7.83. The van der Waals surface area contributed by atoms with Crippen molar-refractivity contribution in [1.82, 2.24) is 19.4 Å². The zero-order valence-electron chi connectivity index (χ0n) is 15.9. The van der Waals surface area contributed by atoms with Crippen molar-refractivity contribution < 1.29 is 4.79 Å². The number of hydrogen-bond donors (Lipinski definition) is 0. The highest BCUT2D eigenvalue weighted by Crippen LogP contribution is 2.25. The van der Waals surface area contributed by atoms with Crippen LogP contribution in [0.25, 0.3) is 11.2 Å². The summed E-state index contributed by atoms with van der Waals surface area (Å²) in [4.78, 5) is 23.9. The Morgan fingerprint density at radius 3 is 2.88 bits per heavy atom. The van der Waals surface area contributed by atoms with Gasteiger partial charge in [-0.1, -0.05) is 27.7 Å². The first-order chi connectivity index (χ1) is 12.0. The number of carbonyl (C=O) groups is 1. The third kappa shape index (κ3) is 3.86. The first-order valence-electron chi connectivity index (χ1n) is 9.58. The van der Waals surface area contributed by atoms with Gasteiger partial charge in [-0.15, -0.1) is 0 Å². The number of nitrogens with zero attached hydrogens (tertiary/aromatic N) is 4. The molecule has 0 bridgehead atoms. The third-order valence-electron chi connectivity index (χ3n) is 5.23. The summed E-state index contributed by atoms with van der Waals surface area (Å²) in [5.74, 6) is 2.60. The zero-order chi connectivity index (χ0) is 18.0. The van der Waals surface area contributed by atoms with Crippen molar-refractivity contribution in [3.05, 3.63) is 24.2 Å². The van der Waals surface area contributed by atoms with Crippen LogP contribution in [-0.2, 0) is 17.8 Å². The first-order valence-corrected chi connectivity index (χ1v) is 9.58. The van der Waals surface area contributed by atoms with E-state index in [4.69, 9.17) is 4.98 Å². The Morgan fingerprint density at radius 2 is 2.16 bits per heavy atom. The third-order valence-corrected chi connectivity index (χ3v) is 5.23. The molecule has 5 heteroatoms. The molecule has 2 aromatic rings. The molecule has 25 heavy (non-hydrogen) atoms. The van der Waals surface area contributed by atoms with Gasteiger partial charge in [0.05, 0.1) is 0 Å². The fourth-order valence-electron chi connectivity index (χ4n) is 3.66. The summed E-state index contributed by atoms with van der Waals surface area (Å²) in [6.45, 7) is 11.2. The maximum atomic E-state index is 12.4. The normalized spacial score (nSPS) is 19.1. The molecule has 0 aliphatic carbocycles. The van der Waals surface area contributed by atoms with Crippen molar-refractivity contribution in [2.24, 2.45) is 17.8 Å². The summed E-state index contributed by atoms with van der Waals surface area (Å²) in [6, 6.07) is 3.98. The average molecular weight is 342 g/mol. The van der Waals surface area contributed by atoms with Crippen LogP contribution in [0.15, 0.2) is 18.3 Å². The second kappa shape index (κ2) is 7.54. The molecular weight excluding hydrogens is 312 g/mol. The molecule has 0 aromatic carbocycles. The number of rotatable bonds is 6. The number of hydrogen-bond acceptors (Lipinski definition) is 3. The van der Waals surface area contributed by atoms with Crippen molar-refractivity contribution in [2.75, 3.05) is 13.1 Å². The summed E-state index contributed by atoms with van der Waals surface area (Å²) in [5.41, 5.74) is 1.96. The highest BCUT2D eigenvalue weighted by molar-refractivity contribution is 5.78. The van der Waals surface area contributed by atoms with Gasteiger partial charge in [0, 0.05) is 38.2 Å². The predicted octanol–water partition coefficient (Wildman–Crippen LogP) is 3.52. The minimum absolute atomic E-state index is 0.133. The lowest BCUT2D eigenvalue weighted by Gasteiger charge is -2.20. The number of imidazole rings is 1. The number of likely N-dealkylation sites (tertiary alicyclic amines) is 1. The summed E-state index contributed by atoms with van der Waals surface area (Å²) in [7, 11) is 0. The molecule has 1 aliphatic heterocycles. The first kappa shape index (κ1) is 17.9. The van der Waals surface area contributed by atoms with Crippen molar-refractivity contribution >= 4 is 17.1 Å². The van der Waals surface area contributed by atoms with E-state index in [0.717, 1.165) is 55.9 Å². The van der Waals surface area contributed by atoms with Gasteiger partial charge in [0.15, 0.2) is 5.65 Å². The van der Waals surface area contributed by atoms with Crippen molar-refractivity contribution in [3.63, 3.8) is 0 Å². The van der Waals surface area contributed by atoms with E-state index in [1.807, 2.05) is 30.2 Å². The van der Waals surface area contributed by atoms with Gasteiger partial charge >= 0.3 is 0 Å². The monoisotopic (exact) mass is 342 g/mol. The van der Waals surface area contributed by atoms with Crippen LogP contribution in [-0.4, -0.2) is 38.4 Å². The van der Waals surface area contributed by atoms with Gasteiger partial charge in [0.25, 0.3) is 0 Å². The lowest BCUT2D eigenvalue weighted by molar-refractivity contribution is -0.134. The number of aromatic nitrogens is 3. The Labute approximate surface area is 150 Å². The fourth-order valence-corrected chi connectivity index (χ4v) is 3.66. The highest BCUT2D eigenvalue weighted by atomic mass is 16.2. The van der Waals surface area contributed by atoms with Crippen LogP contribution in [0.4, 0.5) is 0 Å². The molecule has 1 aliphatic rings. The van der Waals surface area contributed by atoms with E-state index >= 15 is 0 Å². The highest BCUT2D eigenvalue weighted by Gasteiger charge is 2.29. The molecule has 0 unspecified atom stereocenters. The van der Waals surface area contributed by atoms with Crippen LogP contribution in [0.1, 0.15) is 46.4 Å². The lowest BCUT2D eigenvalue weighted by Crippen LogP contribution is -2.33. The van der Waals surface area contributed by atoms with Gasteiger partial charge in [-0.3, -0.25) is 4.79 Å². The SMILES string of the molecule is CC[C@H](C)C(=O)N1CC[C@H](Cc2nc3cccnc3n2CC(C)C)C1. The van der Waals surface area contributed by atoms with Crippen LogP contribution >= 0.6 is 0 Å². The minimum Gasteiger partial charge on any atom is -0.342 e. The van der Waals surface area contributed by atoms with Crippen molar-refractivity contribution in [2.45, 2.75) is 53.5 Å². The topological polar surface area (TPSA) is 51.0 Å². The van der Waals surface area contributed by atoms with Crippen LogP contribution in [0.3, 0.4) is 0 Å². The smallest absolute Gasteiger partial charge is 0.225 e.